The van der Waals surface area contributed by atoms with Gasteiger partial charge < -0.3 is 19.2 Å². The summed E-state index contributed by atoms with van der Waals surface area (Å²) in [6.07, 6.45) is 1.32. The predicted molar refractivity (Wildman–Crippen MR) is 99.1 cm³/mol. The van der Waals surface area contributed by atoms with Crippen LogP contribution in [0, 0.1) is 13.8 Å². The highest BCUT2D eigenvalue weighted by atomic mass is 16.5. The van der Waals surface area contributed by atoms with Gasteiger partial charge in [-0.25, -0.2) is 4.98 Å². The maximum absolute atomic E-state index is 12.6. The smallest absolute Gasteiger partial charge is 0.265 e. The van der Waals surface area contributed by atoms with Crippen molar-refractivity contribution >= 4 is 17.0 Å². The van der Waals surface area contributed by atoms with Gasteiger partial charge in [-0.2, -0.15) is 0 Å². The van der Waals surface area contributed by atoms with Crippen molar-refractivity contribution in [3.8, 4) is 11.5 Å². The Morgan fingerprint density at radius 1 is 1.26 bits per heavy atom. The molecule has 8 nitrogen and oxygen atoms in total. The molecule has 0 atom stereocenters. The zero-order valence-corrected chi connectivity index (χ0v) is 15.7. The van der Waals surface area contributed by atoms with E-state index in [1.807, 2.05) is 6.07 Å². The van der Waals surface area contributed by atoms with Crippen molar-refractivity contribution in [2.75, 3.05) is 14.2 Å². The van der Waals surface area contributed by atoms with Crippen LogP contribution in [0.1, 0.15) is 16.9 Å². The molecule has 142 valence electrons. The van der Waals surface area contributed by atoms with Gasteiger partial charge in [0.05, 0.1) is 14.2 Å². The molecule has 2 heterocycles. The first kappa shape index (κ1) is 18.5. The third-order valence-electron chi connectivity index (χ3n) is 4.44. The predicted octanol–water partition coefficient (Wildman–Crippen LogP) is 1.94. The number of hydrogen-bond acceptors (Lipinski definition) is 6. The normalized spacial score (nSPS) is 10.8. The molecule has 0 unspecified atom stereocenters. The topological polar surface area (TPSA) is 95.6 Å². The molecule has 0 aliphatic heterocycles. The number of ether oxygens (including phenoxy) is 2. The summed E-state index contributed by atoms with van der Waals surface area (Å²) in [6, 6.07) is 5.35. The maximum Gasteiger partial charge on any atom is 0.265 e. The number of carbonyl (C=O) groups excluding carboxylic acids is 1. The van der Waals surface area contributed by atoms with Crippen LogP contribution in [0.25, 0.3) is 11.1 Å². The molecule has 1 amide bonds. The summed E-state index contributed by atoms with van der Waals surface area (Å²) in [5.41, 5.74) is 1.52. The van der Waals surface area contributed by atoms with Gasteiger partial charge in [0.25, 0.3) is 5.56 Å². The Bertz CT molecular complexity index is 1050. The van der Waals surface area contributed by atoms with E-state index in [9.17, 15) is 9.59 Å². The molecule has 0 fully saturated rings. The molecular formula is C19H21N3O5. The molecule has 3 aromatic rings. The van der Waals surface area contributed by atoms with Crippen molar-refractivity contribution < 1.29 is 18.7 Å². The van der Waals surface area contributed by atoms with Crippen LogP contribution >= 0.6 is 0 Å². The SMILES string of the molecule is COc1ccc(CNC(=O)Cn2cnc3oc(C)c(C)c3c2=O)c(OC)c1. The van der Waals surface area contributed by atoms with E-state index in [1.165, 1.54) is 10.9 Å². The fraction of sp³-hybridized carbons (Fsp3) is 0.316. The lowest BCUT2D eigenvalue weighted by atomic mass is 10.2. The van der Waals surface area contributed by atoms with Crippen LogP contribution in [0.15, 0.2) is 33.7 Å². The number of methoxy groups -OCH3 is 2. The zero-order valence-electron chi connectivity index (χ0n) is 15.7. The van der Waals surface area contributed by atoms with Crippen LogP contribution in [-0.4, -0.2) is 29.7 Å². The maximum atomic E-state index is 12.6. The summed E-state index contributed by atoms with van der Waals surface area (Å²) in [6.45, 7) is 3.70. The molecule has 1 aromatic carbocycles. The lowest BCUT2D eigenvalue weighted by Crippen LogP contribution is -2.32. The second-order valence-electron chi connectivity index (χ2n) is 6.10. The number of rotatable bonds is 6. The fourth-order valence-electron chi connectivity index (χ4n) is 2.78. The van der Waals surface area contributed by atoms with Crippen molar-refractivity contribution in [2.45, 2.75) is 26.9 Å². The van der Waals surface area contributed by atoms with Gasteiger partial charge >= 0.3 is 0 Å². The number of amides is 1. The number of carbonyl (C=O) groups is 1. The van der Waals surface area contributed by atoms with E-state index in [0.717, 1.165) is 11.1 Å². The van der Waals surface area contributed by atoms with Crippen molar-refractivity contribution in [1.82, 2.24) is 14.9 Å². The number of aryl methyl sites for hydroxylation is 2. The molecule has 0 radical (unpaired) electrons. The number of furan rings is 1. The van der Waals surface area contributed by atoms with Crippen molar-refractivity contribution in [3.63, 3.8) is 0 Å². The van der Waals surface area contributed by atoms with Crippen LogP contribution in [0.3, 0.4) is 0 Å². The minimum atomic E-state index is -0.311. The van der Waals surface area contributed by atoms with E-state index in [-0.39, 0.29) is 30.3 Å². The lowest BCUT2D eigenvalue weighted by molar-refractivity contribution is -0.121. The summed E-state index contributed by atoms with van der Waals surface area (Å²) < 4.78 is 17.2. The quantitative estimate of drug-likeness (QED) is 0.711. The first-order chi connectivity index (χ1) is 12.9. The average molecular weight is 371 g/mol. The highest BCUT2D eigenvalue weighted by Gasteiger charge is 2.15. The standard InChI is InChI=1S/C19H21N3O5/c1-11-12(2)27-18-17(11)19(24)22(10-21-18)9-16(23)20-8-13-5-6-14(25-3)7-15(13)26-4/h5-7,10H,8-9H2,1-4H3,(H,20,23). The van der Waals surface area contributed by atoms with Crippen molar-refractivity contribution in [2.24, 2.45) is 0 Å². The largest absolute Gasteiger partial charge is 0.497 e. The molecule has 0 aliphatic rings. The van der Waals surface area contributed by atoms with E-state index in [4.69, 9.17) is 13.9 Å². The van der Waals surface area contributed by atoms with E-state index < -0.39 is 0 Å². The molecular weight excluding hydrogens is 350 g/mol. The van der Waals surface area contributed by atoms with E-state index in [1.54, 1.807) is 40.2 Å². The van der Waals surface area contributed by atoms with Gasteiger partial charge in [-0.05, 0) is 26.0 Å². The molecule has 2 aromatic heterocycles. The van der Waals surface area contributed by atoms with Crippen molar-refractivity contribution in [3.05, 3.63) is 51.8 Å². The number of benzene rings is 1. The number of hydrogen-bond donors (Lipinski definition) is 1. The summed E-state index contributed by atoms with van der Waals surface area (Å²) in [7, 11) is 3.12. The molecule has 0 saturated heterocycles. The van der Waals surface area contributed by atoms with Crippen LogP contribution in [-0.2, 0) is 17.9 Å². The Hall–Kier alpha value is -3.29. The van der Waals surface area contributed by atoms with Gasteiger partial charge in [-0.1, -0.05) is 0 Å². The Morgan fingerprint density at radius 2 is 2.04 bits per heavy atom. The van der Waals surface area contributed by atoms with E-state index in [2.05, 4.69) is 10.3 Å². The molecule has 0 aliphatic carbocycles. The fourth-order valence-corrected chi connectivity index (χ4v) is 2.78. The molecule has 3 rings (SSSR count). The van der Waals surface area contributed by atoms with Gasteiger partial charge in [0.1, 0.15) is 35.5 Å². The summed E-state index contributed by atoms with van der Waals surface area (Å²) in [5, 5.41) is 3.19. The first-order valence-corrected chi connectivity index (χ1v) is 8.37. The summed E-state index contributed by atoms with van der Waals surface area (Å²) >= 11 is 0. The Balaban J connectivity index is 1.73. The summed E-state index contributed by atoms with van der Waals surface area (Å²) in [4.78, 5) is 29.0. The number of aromatic nitrogens is 2. The van der Waals surface area contributed by atoms with Gasteiger partial charge in [0.15, 0.2) is 0 Å². The Kier molecular flexibility index (Phi) is 5.16. The van der Waals surface area contributed by atoms with Crippen molar-refractivity contribution in [1.29, 1.82) is 0 Å². The van der Waals surface area contributed by atoms with Gasteiger partial charge in [0.2, 0.25) is 11.6 Å². The minimum Gasteiger partial charge on any atom is -0.497 e. The summed E-state index contributed by atoms with van der Waals surface area (Å²) in [5.74, 6) is 1.61. The van der Waals surface area contributed by atoms with Gasteiger partial charge in [-0.3, -0.25) is 14.2 Å². The minimum absolute atomic E-state index is 0.135. The zero-order chi connectivity index (χ0) is 19.6. The monoisotopic (exact) mass is 371 g/mol. The van der Waals surface area contributed by atoms with Crippen LogP contribution < -0.4 is 20.3 Å². The highest BCUT2D eigenvalue weighted by molar-refractivity contribution is 5.79. The Labute approximate surface area is 155 Å². The molecule has 0 saturated carbocycles. The second-order valence-corrected chi connectivity index (χ2v) is 6.10. The number of nitrogens with zero attached hydrogens (tertiary/aromatic N) is 2. The lowest BCUT2D eigenvalue weighted by Gasteiger charge is -2.12. The first-order valence-electron chi connectivity index (χ1n) is 8.37. The van der Waals surface area contributed by atoms with E-state index >= 15 is 0 Å². The van der Waals surface area contributed by atoms with Gasteiger partial charge in [-0.15, -0.1) is 0 Å². The second kappa shape index (κ2) is 7.53. The Morgan fingerprint density at radius 3 is 2.74 bits per heavy atom. The average Bonchev–Trinajstić information content (AvgIpc) is 2.96. The van der Waals surface area contributed by atoms with Gasteiger partial charge in [0, 0.05) is 23.7 Å². The number of nitrogens with one attached hydrogen (secondary N) is 1. The number of fused-ring (bicyclic) bond motifs is 1. The van der Waals surface area contributed by atoms with Crippen LogP contribution in [0.2, 0.25) is 0 Å². The third kappa shape index (κ3) is 3.64. The molecule has 0 bridgehead atoms. The van der Waals surface area contributed by atoms with Crippen LogP contribution in [0.5, 0.6) is 11.5 Å². The molecule has 27 heavy (non-hydrogen) atoms. The molecule has 1 N–H and O–H groups in total. The van der Waals surface area contributed by atoms with Crippen LogP contribution in [0.4, 0.5) is 0 Å². The third-order valence-corrected chi connectivity index (χ3v) is 4.44. The highest BCUT2D eigenvalue weighted by Crippen LogP contribution is 2.24. The van der Waals surface area contributed by atoms with E-state index in [0.29, 0.717) is 22.6 Å². The molecule has 8 heteroatoms. The molecule has 0 spiro atoms.